The van der Waals surface area contributed by atoms with E-state index >= 15 is 0 Å². The summed E-state index contributed by atoms with van der Waals surface area (Å²) >= 11 is 0. The second-order valence-electron chi connectivity index (χ2n) is 8.71. The molecule has 8 heteroatoms. The SMILES string of the molecule is O=C(NCCc1ccccc1)[C@@H]1C[C@@H](n2cnnn2)CN1Cc1cccc(Oc2ccccc2)c1. The van der Waals surface area contributed by atoms with E-state index < -0.39 is 0 Å². The van der Waals surface area contributed by atoms with Crippen molar-refractivity contribution >= 4 is 5.91 Å². The summed E-state index contributed by atoms with van der Waals surface area (Å²) in [5.41, 5.74) is 2.29. The lowest BCUT2D eigenvalue weighted by atomic mass is 10.1. The fourth-order valence-electron chi connectivity index (χ4n) is 4.51. The second-order valence-corrected chi connectivity index (χ2v) is 8.71. The molecular weight excluding hydrogens is 440 g/mol. The van der Waals surface area contributed by atoms with Gasteiger partial charge in [0.05, 0.1) is 12.1 Å². The molecule has 2 heterocycles. The molecule has 0 bridgehead atoms. The number of tetrazole rings is 1. The van der Waals surface area contributed by atoms with Crippen LogP contribution in [0.25, 0.3) is 0 Å². The molecule has 1 saturated heterocycles. The maximum Gasteiger partial charge on any atom is 0.237 e. The highest BCUT2D eigenvalue weighted by Gasteiger charge is 2.38. The summed E-state index contributed by atoms with van der Waals surface area (Å²) in [6, 6.07) is 27.7. The van der Waals surface area contributed by atoms with Crippen molar-refractivity contribution in [3.63, 3.8) is 0 Å². The summed E-state index contributed by atoms with van der Waals surface area (Å²) < 4.78 is 7.75. The predicted octanol–water partition coefficient (Wildman–Crippen LogP) is 3.64. The maximum atomic E-state index is 13.2. The van der Waals surface area contributed by atoms with Crippen LogP contribution >= 0.6 is 0 Å². The molecule has 1 aliphatic heterocycles. The van der Waals surface area contributed by atoms with Crippen molar-refractivity contribution in [1.82, 2.24) is 30.4 Å². The number of hydrogen-bond acceptors (Lipinski definition) is 6. The van der Waals surface area contributed by atoms with E-state index in [1.807, 2.05) is 66.7 Å². The van der Waals surface area contributed by atoms with Gasteiger partial charge in [0.1, 0.15) is 17.8 Å². The van der Waals surface area contributed by atoms with Gasteiger partial charge in [0.2, 0.25) is 5.91 Å². The zero-order valence-corrected chi connectivity index (χ0v) is 19.4. The molecule has 0 spiro atoms. The molecule has 1 fully saturated rings. The fraction of sp³-hybridized carbons (Fsp3) is 0.259. The second kappa shape index (κ2) is 10.9. The molecule has 3 aromatic carbocycles. The minimum atomic E-state index is -0.265. The molecule has 35 heavy (non-hydrogen) atoms. The van der Waals surface area contributed by atoms with Gasteiger partial charge in [0, 0.05) is 19.6 Å². The number of likely N-dealkylation sites (tertiary alicyclic amines) is 1. The topological polar surface area (TPSA) is 85.2 Å². The number of amides is 1. The van der Waals surface area contributed by atoms with Crippen LogP contribution in [0.3, 0.4) is 0 Å². The monoisotopic (exact) mass is 468 g/mol. The number of benzene rings is 3. The molecule has 0 saturated carbocycles. The van der Waals surface area contributed by atoms with Gasteiger partial charge in [-0.2, -0.15) is 0 Å². The van der Waals surface area contributed by atoms with E-state index in [1.54, 1.807) is 11.0 Å². The smallest absolute Gasteiger partial charge is 0.237 e. The van der Waals surface area contributed by atoms with Gasteiger partial charge >= 0.3 is 0 Å². The predicted molar refractivity (Wildman–Crippen MR) is 132 cm³/mol. The summed E-state index contributed by atoms with van der Waals surface area (Å²) in [6.45, 7) is 1.91. The van der Waals surface area contributed by atoms with Gasteiger partial charge < -0.3 is 10.1 Å². The van der Waals surface area contributed by atoms with E-state index in [1.165, 1.54) is 5.56 Å². The number of nitrogens with one attached hydrogen (secondary N) is 1. The standard InChI is InChI=1S/C27H28N6O2/c34-27(28-15-14-21-8-3-1-4-9-21)26-17-23(33-20-29-30-31-33)19-32(26)18-22-10-7-13-25(16-22)35-24-11-5-2-6-12-24/h1-13,16,20,23,26H,14-15,17-19H2,(H,28,34)/t23-,26+/m1/s1. The fourth-order valence-corrected chi connectivity index (χ4v) is 4.51. The van der Waals surface area contributed by atoms with Crippen molar-refractivity contribution in [2.45, 2.75) is 31.5 Å². The molecule has 0 unspecified atom stereocenters. The van der Waals surface area contributed by atoms with Gasteiger partial charge in [-0.3, -0.25) is 9.69 Å². The Morgan fingerprint density at radius 2 is 1.69 bits per heavy atom. The summed E-state index contributed by atoms with van der Waals surface area (Å²) in [6.07, 6.45) is 3.07. The molecule has 5 rings (SSSR count). The zero-order valence-electron chi connectivity index (χ0n) is 19.4. The van der Waals surface area contributed by atoms with Gasteiger partial charge in [-0.15, -0.1) is 5.10 Å². The van der Waals surface area contributed by atoms with Gasteiger partial charge in [0.25, 0.3) is 0 Å². The van der Waals surface area contributed by atoms with Gasteiger partial charge in [-0.25, -0.2) is 4.68 Å². The number of hydrogen-bond donors (Lipinski definition) is 1. The van der Waals surface area contributed by atoms with E-state index in [4.69, 9.17) is 4.74 Å². The molecule has 178 valence electrons. The third-order valence-electron chi connectivity index (χ3n) is 6.24. The van der Waals surface area contributed by atoms with Crippen molar-refractivity contribution in [2.24, 2.45) is 0 Å². The highest BCUT2D eigenvalue weighted by molar-refractivity contribution is 5.82. The Kier molecular flexibility index (Phi) is 7.10. The number of carbonyl (C=O) groups excluding carboxylic acids is 1. The first-order chi connectivity index (χ1) is 17.2. The van der Waals surface area contributed by atoms with Crippen LogP contribution in [0.2, 0.25) is 0 Å². The normalized spacial score (nSPS) is 17.8. The summed E-state index contributed by atoms with van der Waals surface area (Å²) in [7, 11) is 0. The number of aromatic nitrogens is 4. The minimum absolute atomic E-state index is 0.0354. The molecule has 4 aromatic rings. The third-order valence-corrected chi connectivity index (χ3v) is 6.24. The number of carbonyl (C=O) groups is 1. The average molecular weight is 469 g/mol. The van der Waals surface area contributed by atoms with Crippen molar-refractivity contribution in [2.75, 3.05) is 13.1 Å². The number of ether oxygens (including phenoxy) is 1. The van der Waals surface area contributed by atoms with E-state index in [0.29, 0.717) is 26.1 Å². The lowest BCUT2D eigenvalue weighted by molar-refractivity contribution is -0.125. The van der Waals surface area contributed by atoms with E-state index in [9.17, 15) is 4.79 Å². The zero-order chi connectivity index (χ0) is 23.9. The molecule has 0 radical (unpaired) electrons. The quantitative estimate of drug-likeness (QED) is 0.404. The van der Waals surface area contributed by atoms with Crippen molar-refractivity contribution in [1.29, 1.82) is 0 Å². The van der Waals surface area contributed by atoms with Crippen LogP contribution in [-0.2, 0) is 17.8 Å². The molecular formula is C27H28N6O2. The summed E-state index contributed by atoms with van der Waals surface area (Å²) in [5, 5.41) is 14.8. The first-order valence-electron chi connectivity index (χ1n) is 11.8. The van der Waals surface area contributed by atoms with Crippen LogP contribution in [0.4, 0.5) is 0 Å². The van der Waals surface area contributed by atoms with Crippen LogP contribution in [-0.4, -0.2) is 50.1 Å². The Hall–Kier alpha value is -4.04. The molecule has 1 N–H and O–H groups in total. The lowest BCUT2D eigenvalue weighted by Gasteiger charge is -2.23. The molecule has 2 atom stereocenters. The van der Waals surface area contributed by atoms with Crippen molar-refractivity contribution in [3.05, 3.63) is 102 Å². The lowest BCUT2D eigenvalue weighted by Crippen LogP contribution is -2.43. The Labute approximate surface area is 204 Å². The van der Waals surface area contributed by atoms with E-state index in [0.717, 1.165) is 23.5 Å². The Balaban J connectivity index is 1.27. The largest absolute Gasteiger partial charge is 0.457 e. The van der Waals surface area contributed by atoms with Gasteiger partial charge in [0.15, 0.2) is 0 Å². The van der Waals surface area contributed by atoms with E-state index in [2.05, 4.69) is 43.9 Å². The van der Waals surface area contributed by atoms with Crippen molar-refractivity contribution < 1.29 is 9.53 Å². The van der Waals surface area contributed by atoms with Gasteiger partial charge in [-0.05, 0) is 58.7 Å². The molecule has 1 amide bonds. The average Bonchev–Trinajstić information content (AvgIpc) is 3.56. The molecule has 1 aliphatic rings. The maximum absolute atomic E-state index is 13.2. The van der Waals surface area contributed by atoms with Gasteiger partial charge in [-0.1, -0.05) is 60.7 Å². The molecule has 0 aliphatic carbocycles. The third kappa shape index (κ3) is 5.91. The summed E-state index contributed by atoms with van der Waals surface area (Å²) in [4.78, 5) is 15.4. The van der Waals surface area contributed by atoms with Crippen LogP contribution < -0.4 is 10.1 Å². The van der Waals surface area contributed by atoms with Crippen LogP contribution in [0.1, 0.15) is 23.6 Å². The first kappa shape index (κ1) is 22.7. The van der Waals surface area contributed by atoms with Crippen LogP contribution in [0.15, 0.2) is 91.3 Å². The Morgan fingerprint density at radius 1 is 0.943 bits per heavy atom. The first-order valence-corrected chi connectivity index (χ1v) is 11.8. The van der Waals surface area contributed by atoms with Crippen molar-refractivity contribution in [3.8, 4) is 11.5 Å². The number of nitrogens with zero attached hydrogens (tertiary/aromatic N) is 5. The van der Waals surface area contributed by atoms with E-state index in [-0.39, 0.29) is 18.0 Å². The summed E-state index contributed by atoms with van der Waals surface area (Å²) in [5.74, 6) is 1.60. The molecule has 1 aromatic heterocycles. The molecule has 8 nitrogen and oxygen atoms in total. The highest BCUT2D eigenvalue weighted by Crippen LogP contribution is 2.29. The van der Waals surface area contributed by atoms with Crippen LogP contribution in [0.5, 0.6) is 11.5 Å². The number of para-hydroxylation sites is 1. The Morgan fingerprint density at radius 3 is 2.46 bits per heavy atom. The Bertz CT molecular complexity index is 1220. The minimum Gasteiger partial charge on any atom is -0.457 e. The number of rotatable bonds is 9. The highest BCUT2D eigenvalue weighted by atomic mass is 16.5. The van der Waals surface area contributed by atoms with Crippen LogP contribution in [0, 0.1) is 0 Å².